The fraction of sp³-hybridized carbons (Fsp3) is 0.417. The first-order valence-electron chi connectivity index (χ1n) is 10.8. The number of nitrogens with zero attached hydrogens (tertiary/aromatic N) is 2. The molecule has 1 fully saturated rings. The van der Waals surface area contributed by atoms with Crippen LogP contribution in [0, 0.1) is 16.0 Å². The highest BCUT2D eigenvalue weighted by molar-refractivity contribution is 5.91. The number of piperidine rings is 1. The van der Waals surface area contributed by atoms with Crippen molar-refractivity contribution in [2.75, 3.05) is 26.2 Å². The van der Waals surface area contributed by atoms with E-state index >= 15 is 0 Å². The molecule has 1 saturated heterocycles. The van der Waals surface area contributed by atoms with Gasteiger partial charge in [0.25, 0.3) is 5.69 Å². The maximum atomic E-state index is 12.1. The Morgan fingerprint density at radius 1 is 1.12 bits per heavy atom. The van der Waals surface area contributed by atoms with Crippen LogP contribution in [0.2, 0.25) is 0 Å². The second-order valence-corrected chi connectivity index (χ2v) is 8.13. The zero-order valence-corrected chi connectivity index (χ0v) is 17.9. The minimum Gasteiger partial charge on any atom is -0.478 e. The van der Waals surface area contributed by atoms with Crippen molar-refractivity contribution in [3.05, 3.63) is 75.3 Å². The topological polar surface area (TPSA) is 110 Å². The van der Waals surface area contributed by atoms with E-state index in [9.17, 15) is 24.8 Å². The van der Waals surface area contributed by atoms with Gasteiger partial charge in [0.05, 0.1) is 23.5 Å². The van der Waals surface area contributed by atoms with Crippen molar-refractivity contribution >= 4 is 17.6 Å². The molecule has 0 radical (unpaired) electrons. The SMILES string of the molecule is O=C(Cc1ccc([N+](=O)[O-])cc1C(=O)O)OCCCN1CCC(Cc2ccccc2)CC1. The molecule has 0 aliphatic carbocycles. The molecule has 3 rings (SSSR count). The van der Waals surface area contributed by atoms with Gasteiger partial charge in [-0.15, -0.1) is 0 Å². The van der Waals surface area contributed by atoms with Gasteiger partial charge in [-0.25, -0.2) is 4.79 Å². The van der Waals surface area contributed by atoms with Crippen molar-refractivity contribution in [2.45, 2.75) is 32.1 Å². The van der Waals surface area contributed by atoms with Gasteiger partial charge in [-0.3, -0.25) is 14.9 Å². The standard InChI is InChI=1S/C24H28N2O6/c27-23(16-20-7-8-21(26(30)31)17-22(20)24(28)29)32-14-4-11-25-12-9-19(10-13-25)15-18-5-2-1-3-6-18/h1-3,5-8,17,19H,4,9-16H2,(H,28,29). The molecule has 32 heavy (non-hydrogen) atoms. The predicted molar refractivity (Wildman–Crippen MR) is 119 cm³/mol. The number of nitro groups is 1. The maximum Gasteiger partial charge on any atom is 0.336 e. The summed E-state index contributed by atoms with van der Waals surface area (Å²) in [6.07, 6.45) is 3.92. The maximum absolute atomic E-state index is 12.1. The summed E-state index contributed by atoms with van der Waals surface area (Å²) in [5.74, 6) is -1.15. The van der Waals surface area contributed by atoms with E-state index < -0.39 is 16.9 Å². The van der Waals surface area contributed by atoms with Crippen molar-refractivity contribution in [3.8, 4) is 0 Å². The molecule has 0 unspecified atom stereocenters. The van der Waals surface area contributed by atoms with Gasteiger partial charge in [0.15, 0.2) is 0 Å². The lowest BCUT2D eigenvalue weighted by molar-refractivity contribution is -0.384. The van der Waals surface area contributed by atoms with Gasteiger partial charge in [0, 0.05) is 18.7 Å². The summed E-state index contributed by atoms with van der Waals surface area (Å²) in [6, 6.07) is 14.0. The molecule has 0 aromatic heterocycles. The number of hydrogen-bond acceptors (Lipinski definition) is 6. The number of benzene rings is 2. The number of aromatic carboxylic acids is 1. The van der Waals surface area contributed by atoms with Gasteiger partial charge in [0.2, 0.25) is 0 Å². The number of carboxylic acids is 1. The van der Waals surface area contributed by atoms with E-state index in [2.05, 4.69) is 29.2 Å². The number of likely N-dealkylation sites (tertiary alicyclic amines) is 1. The summed E-state index contributed by atoms with van der Waals surface area (Å²) in [4.78, 5) is 36.0. The van der Waals surface area contributed by atoms with Crippen LogP contribution in [0.4, 0.5) is 5.69 Å². The van der Waals surface area contributed by atoms with E-state index in [0.29, 0.717) is 12.3 Å². The molecular weight excluding hydrogens is 412 g/mol. The van der Waals surface area contributed by atoms with Gasteiger partial charge in [-0.05, 0) is 55.8 Å². The fourth-order valence-corrected chi connectivity index (χ4v) is 4.07. The van der Waals surface area contributed by atoms with Crippen LogP contribution in [0.25, 0.3) is 0 Å². The molecule has 170 valence electrons. The molecule has 8 heteroatoms. The Morgan fingerprint density at radius 2 is 1.84 bits per heavy atom. The van der Waals surface area contributed by atoms with Crippen molar-refractivity contribution in [3.63, 3.8) is 0 Å². The summed E-state index contributed by atoms with van der Waals surface area (Å²) in [6.45, 7) is 3.19. The molecular formula is C24H28N2O6. The van der Waals surface area contributed by atoms with Gasteiger partial charge in [-0.1, -0.05) is 36.4 Å². The van der Waals surface area contributed by atoms with Crippen LogP contribution in [-0.4, -0.2) is 53.1 Å². The first-order chi connectivity index (χ1) is 15.4. The summed E-state index contributed by atoms with van der Waals surface area (Å²) in [7, 11) is 0. The molecule has 1 aliphatic rings. The third kappa shape index (κ3) is 6.88. The van der Waals surface area contributed by atoms with Crippen molar-refractivity contribution in [2.24, 2.45) is 5.92 Å². The van der Waals surface area contributed by atoms with Gasteiger partial charge in [-0.2, -0.15) is 0 Å². The Balaban J connectivity index is 1.36. The average Bonchev–Trinajstić information content (AvgIpc) is 2.78. The third-order valence-electron chi connectivity index (χ3n) is 5.83. The number of rotatable bonds is 10. The Bertz CT molecular complexity index is 939. The zero-order chi connectivity index (χ0) is 22.9. The van der Waals surface area contributed by atoms with Crippen LogP contribution in [0.15, 0.2) is 48.5 Å². The number of carbonyl (C=O) groups is 2. The molecule has 1 aliphatic heterocycles. The zero-order valence-electron chi connectivity index (χ0n) is 17.9. The van der Waals surface area contributed by atoms with Gasteiger partial charge >= 0.3 is 11.9 Å². The lowest BCUT2D eigenvalue weighted by Crippen LogP contribution is -2.35. The quantitative estimate of drug-likeness (QED) is 0.259. The van der Waals surface area contributed by atoms with E-state index in [1.54, 1.807) is 0 Å². The normalized spacial score (nSPS) is 14.8. The Kier molecular flexibility index (Phi) is 8.33. The molecule has 0 atom stereocenters. The summed E-state index contributed by atoms with van der Waals surface area (Å²) >= 11 is 0. The molecule has 0 spiro atoms. The minimum absolute atomic E-state index is 0.202. The summed E-state index contributed by atoms with van der Waals surface area (Å²) in [5.41, 5.74) is 1.01. The minimum atomic E-state index is -1.31. The highest BCUT2D eigenvalue weighted by atomic mass is 16.6. The first-order valence-corrected chi connectivity index (χ1v) is 10.8. The van der Waals surface area contributed by atoms with Crippen molar-refractivity contribution in [1.82, 2.24) is 4.90 Å². The fourth-order valence-electron chi connectivity index (χ4n) is 4.07. The van der Waals surface area contributed by atoms with E-state index in [1.807, 2.05) is 6.07 Å². The van der Waals surface area contributed by atoms with Crippen LogP contribution in [0.3, 0.4) is 0 Å². The monoisotopic (exact) mass is 440 g/mol. The van der Waals surface area contributed by atoms with E-state index in [0.717, 1.165) is 45.0 Å². The van der Waals surface area contributed by atoms with Crippen molar-refractivity contribution < 1.29 is 24.4 Å². The first kappa shape index (κ1) is 23.4. The predicted octanol–water partition coefficient (Wildman–Crippen LogP) is 3.72. The van der Waals surface area contributed by atoms with Crippen LogP contribution in [0.5, 0.6) is 0 Å². The second-order valence-electron chi connectivity index (χ2n) is 8.13. The van der Waals surface area contributed by atoms with Crippen molar-refractivity contribution in [1.29, 1.82) is 0 Å². The highest BCUT2D eigenvalue weighted by Crippen LogP contribution is 2.22. The summed E-state index contributed by atoms with van der Waals surface area (Å²) < 4.78 is 5.26. The lowest BCUT2D eigenvalue weighted by atomic mass is 9.90. The number of ether oxygens (including phenoxy) is 1. The van der Waals surface area contributed by atoms with E-state index in [1.165, 1.54) is 17.7 Å². The molecule has 8 nitrogen and oxygen atoms in total. The number of non-ortho nitro benzene ring substituents is 1. The number of esters is 1. The molecule has 2 aromatic rings. The number of nitro benzene ring substituents is 1. The highest BCUT2D eigenvalue weighted by Gasteiger charge is 2.20. The number of hydrogen-bond donors (Lipinski definition) is 1. The largest absolute Gasteiger partial charge is 0.478 e. The third-order valence-corrected chi connectivity index (χ3v) is 5.83. The number of carbonyl (C=O) groups excluding carboxylic acids is 1. The molecule has 1 N–H and O–H groups in total. The molecule has 2 aromatic carbocycles. The van der Waals surface area contributed by atoms with Gasteiger partial charge < -0.3 is 14.7 Å². The van der Waals surface area contributed by atoms with Crippen LogP contribution in [0.1, 0.15) is 40.7 Å². The van der Waals surface area contributed by atoms with Crippen LogP contribution < -0.4 is 0 Å². The average molecular weight is 440 g/mol. The summed E-state index contributed by atoms with van der Waals surface area (Å²) in [5, 5.41) is 20.1. The van der Waals surface area contributed by atoms with E-state index in [4.69, 9.17) is 4.74 Å². The smallest absolute Gasteiger partial charge is 0.336 e. The lowest BCUT2D eigenvalue weighted by Gasteiger charge is -2.32. The molecule has 0 amide bonds. The molecule has 0 bridgehead atoms. The molecule has 0 saturated carbocycles. The molecule has 1 heterocycles. The van der Waals surface area contributed by atoms with E-state index in [-0.39, 0.29) is 29.8 Å². The Labute approximate surface area is 187 Å². The van der Waals surface area contributed by atoms with Crippen LogP contribution >= 0.6 is 0 Å². The Morgan fingerprint density at radius 3 is 2.50 bits per heavy atom. The van der Waals surface area contributed by atoms with Crippen LogP contribution in [-0.2, 0) is 22.4 Å². The number of carboxylic acid groups (broad SMARTS) is 1. The van der Waals surface area contributed by atoms with Gasteiger partial charge in [0.1, 0.15) is 0 Å². The second kappa shape index (κ2) is 11.4. The Hall–Kier alpha value is -3.26.